The van der Waals surface area contributed by atoms with E-state index in [4.69, 9.17) is 5.73 Å². The van der Waals surface area contributed by atoms with E-state index in [1.165, 1.54) is 0 Å². The first-order chi connectivity index (χ1) is 14.6. The number of nitrogens with zero attached hydrogens (tertiary/aromatic N) is 4. The Balaban J connectivity index is 1.68. The molecule has 5 N–H and O–H groups in total. The van der Waals surface area contributed by atoms with Gasteiger partial charge in [-0.15, -0.1) is 5.11 Å². The summed E-state index contributed by atoms with van der Waals surface area (Å²) in [4.78, 5) is 12.2. The van der Waals surface area contributed by atoms with Crippen LogP contribution in [-0.4, -0.2) is 55.0 Å². The first-order valence-corrected chi connectivity index (χ1v) is 10.5. The third-order valence-electron chi connectivity index (χ3n) is 4.55. The average Bonchev–Trinajstić information content (AvgIpc) is 3.01. The fraction of sp³-hybridized carbons (Fsp3) is 0.524. The monoisotopic (exact) mass is 414 g/mol. The molecule has 0 unspecified atom stereocenters. The minimum absolute atomic E-state index is 0.0596. The number of hydrogen-bond acceptors (Lipinski definition) is 7. The Bertz CT molecular complexity index is 788. The second-order valence-electron chi connectivity index (χ2n) is 7.06. The Hall–Kier alpha value is -2.62. The van der Waals surface area contributed by atoms with Crippen molar-refractivity contribution in [3.63, 3.8) is 0 Å². The molecule has 0 bridgehead atoms. The van der Waals surface area contributed by atoms with Crippen molar-refractivity contribution in [3.8, 4) is 0 Å². The number of amides is 1. The molecule has 0 aliphatic rings. The highest BCUT2D eigenvalue weighted by Gasteiger charge is 2.13. The average molecular weight is 415 g/mol. The molecule has 0 aliphatic heterocycles. The lowest BCUT2D eigenvalue weighted by atomic mass is 10.3. The van der Waals surface area contributed by atoms with E-state index in [-0.39, 0.29) is 12.5 Å². The smallest absolute Gasteiger partial charge is 0.241 e. The first-order valence-electron chi connectivity index (χ1n) is 10.5. The van der Waals surface area contributed by atoms with Crippen molar-refractivity contribution >= 4 is 17.3 Å². The van der Waals surface area contributed by atoms with Gasteiger partial charge in [0.25, 0.3) is 0 Å². The highest BCUT2D eigenvalue weighted by atomic mass is 16.2. The van der Waals surface area contributed by atoms with Crippen LogP contribution in [0.1, 0.15) is 24.2 Å². The lowest BCUT2D eigenvalue weighted by Gasteiger charge is -2.08. The van der Waals surface area contributed by atoms with Gasteiger partial charge >= 0.3 is 0 Å². The molecule has 1 heterocycles. The highest BCUT2D eigenvalue weighted by Crippen LogP contribution is 2.25. The summed E-state index contributed by atoms with van der Waals surface area (Å²) in [6.45, 7) is 8.95. The summed E-state index contributed by atoms with van der Waals surface area (Å²) in [6, 6.07) is 9.54. The number of benzene rings is 1. The van der Waals surface area contributed by atoms with Crippen molar-refractivity contribution in [1.29, 1.82) is 0 Å². The van der Waals surface area contributed by atoms with Gasteiger partial charge in [0, 0.05) is 19.6 Å². The number of azo groups is 1. The van der Waals surface area contributed by atoms with Gasteiger partial charge in [-0.2, -0.15) is 10.2 Å². The zero-order chi connectivity index (χ0) is 21.6. The van der Waals surface area contributed by atoms with E-state index >= 15 is 0 Å². The van der Waals surface area contributed by atoms with Gasteiger partial charge < -0.3 is 21.7 Å². The Morgan fingerprint density at radius 2 is 1.70 bits per heavy atom. The molecule has 0 saturated heterocycles. The highest BCUT2D eigenvalue weighted by molar-refractivity contribution is 5.75. The molecule has 164 valence electrons. The molecular formula is C21H34N8O. The minimum Gasteiger partial charge on any atom is -0.354 e. The Labute approximate surface area is 178 Å². The van der Waals surface area contributed by atoms with Crippen LogP contribution in [0, 0.1) is 13.8 Å². The van der Waals surface area contributed by atoms with E-state index < -0.39 is 0 Å². The molecule has 0 spiro atoms. The normalized spacial score (nSPS) is 11.3. The van der Waals surface area contributed by atoms with Crippen LogP contribution in [0.5, 0.6) is 0 Å². The van der Waals surface area contributed by atoms with Gasteiger partial charge in [-0.05, 0) is 58.5 Å². The van der Waals surface area contributed by atoms with Gasteiger partial charge in [0.05, 0.1) is 17.1 Å². The lowest BCUT2D eigenvalue weighted by molar-refractivity contribution is -0.121. The second-order valence-corrected chi connectivity index (χ2v) is 7.06. The van der Waals surface area contributed by atoms with Gasteiger partial charge in [0.1, 0.15) is 12.2 Å². The van der Waals surface area contributed by atoms with Crippen LogP contribution in [0.25, 0.3) is 0 Å². The molecule has 2 aromatic rings. The zero-order valence-corrected chi connectivity index (χ0v) is 18.0. The third kappa shape index (κ3) is 8.40. The lowest BCUT2D eigenvalue weighted by Crippen LogP contribution is -2.32. The number of rotatable bonds is 14. The molecule has 1 aromatic carbocycles. The van der Waals surface area contributed by atoms with E-state index in [2.05, 4.69) is 31.3 Å². The van der Waals surface area contributed by atoms with Gasteiger partial charge in [0.2, 0.25) is 5.91 Å². The van der Waals surface area contributed by atoms with Crippen molar-refractivity contribution in [2.45, 2.75) is 33.2 Å². The van der Waals surface area contributed by atoms with Crippen LogP contribution in [-0.2, 0) is 11.3 Å². The number of aryl methyl sites for hydroxylation is 1. The second kappa shape index (κ2) is 13.6. The molecule has 0 atom stereocenters. The van der Waals surface area contributed by atoms with E-state index in [1.54, 1.807) is 4.68 Å². The molecule has 0 fully saturated rings. The summed E-state index contributed by atoms with van der Waals surface area (Å²) in [5, 5.41) is 22.6. The molecule has 9 nitrogen and oxygen atoms in total. The van der Waals surface area contributed by atoms with Crippen LogP contribution in [0.4, 0.5) is 11.4 Å². The number of aromatic nitrogens is 2. The zero-order valence-electron chi connectivity index (χ0n) is 18.0. The van der Waals surface area contributed by atoms with Gasteiger partial charge in [-0.1, -0.05) is 18.2 Å². The molecule has 0 saturated carbocycles. The van der Waals surface area contributed by atoms with Crippen molar-refractivity contribution in [1.82, 2.24) is 25.7 Å². The van der Waals surface area contributed by atoms with Gasteiger partial charge in [-0.3, -0.25) is 9.48 Å². The fourth-order valence-corrected chi connectivity index (χ4v) is 2.88. The predicted octanol–water partition coefficient (Wildman–Crippen LogP) is 1.95. The Morgan fingerprint density at radius 3 is 2.40 bits per heavy atom. The summed E-state index contributed by atoms with van der Waals surface area (Å²) in [6.07, 6.45) is 1.88. The van der Waals surface area contributed by atoms with Crippen molar-refractivity contribution in [3.05, 3.63) is 41.7 Å². The topological polar surface area (TPSA) is 122 Å². The van der Waals surface area contributed by atoms with Crippen molar-refractivity contribution in [2.75, 3.05) is 39.3 Å². The van der Waals surface area contributed by atoms with E-state index in [1.807, 2.05) is 44.2 Å². The summed E-state index contributed by atoms with van der Waals surface area (Å²) in [7, 11) is 0. The van der Waals surface area contributed by atoms with Crippen LogP contribution in [0.15, 0.2) is 40.6 Å². The van der Waals surface area contributed by atoms with Crippen LogP contribution in [0.2, 0.25) is 0 Å². The predicted molar refractivity (Wildman–Crippen MR) is 119 cm³/mol. The van der Waals surface area contributed by atoms with E-state index in [0.717, 1.165) is 62.6 Å². The maximum atomic E-state index is 12.2. The van der Waals surface area contributed by atoms with E-state index in [0.29, 0.717) is 12.2 Å². The van der Waals surface area contributed by atoms with Crippen LogP contribution >= 0.6 is 0 Å². The fourth-order valence-electron chi connectivity index (χ4n) is 2.88. The molecule has 0 aliphatic carbocycles. The number of nitrogens with one attached hydrogen (secondary N) is 3. The van der Waals surface area contributed by atoms with Gasteiger partial charge in [-0.25, -0.2) is 0 Å². The third-order valence-corrected chi connectivity index (χ3v) is 4.55. The largest absolute Gasteiger partial charge is 0.354 e. The van der Waals surface area contributed by atoms with Gasteiger partial charge in [0.15, 0.2) is 0 Å². The summed E-state index contributed by atoms with van der Waals surface area (Å²) in [5.74, 6) is -0.0596. The Kier molecular flexibility index (Phi) is 10.7. The maximum Gasteiger partial charge on any atom is 0.241 e. The molecule has 2 rings (SSSR count). The number of carbonyl (C=O) groups excluding carboxylic acids is 1. The first kappa shape index (κ1) is 23.7. The quantitative estimate of drug-likeness (QED) is 0.278. The van der Waals surface area contributed by atoms with Crippen molar-refractivity contribution < 1.29 is 4.79 Å². The maximum absolute atomic E-state index is 12.2. The molecular weight excluding hydrogens is 380 g/mol. The molecule has 1 aromatic heterocycles. The van der Waals surface area contributed by atoms with Crippen LogP contribution < -0.4 is 21.7 Å². The van der Waals surface area contributed by atoms with Crippen LogP contribution in [0.3, 0.4) is 0 Å². The molecule has 0 radical (unpaired) electrons. The van der Waals surface area contributed by atoms with E-state index in [9.17, 15) is 4.79 Å². The van der Waals surface area contributed by atoms with Crippen molar-refractivity contribution in [2.24, 2.45) is 16.0 Å². The number of hydrogen-bond donors (Lipinski definition) is 4. The molecule has 9 heteroatoms. The summed E-state index contributed by atoms with van der Waals surface area (Å²) < 4.78 is 1.68. The molecule has 1 amide bonds. The number of carbonyl (C=O) groups is 1. The standard InChI is InChI=1S/C21H34N8O/c1-17-21(27-26-19-8-4-3-5-9-19)18(2)29(28-17)16-20(30)25-13-7-12-24-15-14-23-11-6-10-22/h3-5,8-9,23-24H,6-7,10-16,22H2,1-2H3,(H,25,30). The minimum atomic E-state index is -0.0596. The SMILES string of the molecule is Cc1nn(CC(=O)NCCCNCCNCCCN)c(C)c1N=Nc1ccccc1. The molecule has 30 heavy (non-hydrogen) atoms. The summed E-state index contributed by atoms with van der Waals surface area (Å²) >= 11 is 0. The number of nitrogens with two attached hydrogens (primary N) is 1. The summed E-state index contributed by atoms with van der Waals surface area (Å²) in [5.41, 5.74) is 8.51. The Morgan fingerprint density at radius 1 is 1.00 bits per heavy atom.